The summed E-state index contributed by atoms with van der Waals surface area (Å²) in [7, 11) is 1.76. The summed E-state index contributed by atoms with van der Waals surface area (Å²) in [6.07, 6.45) is 1.25. The summed E-state index contributed by atoms with van der Waals surface area (Å²) in [5.41, 5.74) is 2.53. The normalized spacial score (nSPS) is 25.5. The Morgan fingerprint density at radius 1 is 1.40 bits per heavy atom. The van der Waals surface area contributed by atoms with E-state index in [1.807, 2.05) is 0 Å². The number of para-hydroxylation sites is 1. The van der Waals surface area contributed by atoms with Crippen molar-refractivity contribution in [3.8, 4) is 5.75 Å². The number of rotatable bonds is 2. The highest BCUT2D eigenvalue weighted by molar-refractivity contribution is 5.43. The van der Waals surface area contributed by atoms with Crippen LogP contribution in [-0.2, 0) is 0 Å². The van der Waals surface area contributed by atoms with Crippen LogP contribution in [0.3, 0.4) is 0 Å². The Morgan fingerprint density at radius 3 is 2.80 bits per heavy atom. The summed E-state index contributed by atoms with van der Waals surface area (Å²) < 4.78 is 5.50. The molecule has 0 saturated carbocycles. The quantitative estimate of drug-likeness (QED) is 0.801. The third kappa shape index (κ3) is 1.86. The zero-order valence-corrected chi connectivity index (χ0v) is 9.71. The van der Waals surface area contributed by atoms with E-state index in [-0.39, 0.29) is 0 Å². The minimum Gasteiger partial charge on any atom is -0.496 e. The van der Waals surface area contributed by atoms with Crippen molar-refractivity contribution >= 4 is 0 Å². The third-order valence-corrected chi connectivity index (χ3v) is 3.31. The van der Waals surface area contributed by atoms with Crippen molar-refractivity contribution in [2.75, 3.05) is 13.7 Å². The molecular weight excluding hydrogens is 186 g/mol. The first kappa shape index (κ1) is 10.5. The molecule has 0 radical (unpaired) electrons. The van der Waals surface area contributed by atoms with Gasteiger partial charge in [0.25, 0.3) is 0 Å². The molecule has 82 valence electrons. The molecule has 0 aliphatic carbocycles. The van der Waals surface area contributed by atoms with E-state index in [0.29, 0.717) is 12.0 Å². The Morgan fingerprint density at radius 2 is 2.20 bits per heavy atom. The van der Waals surface area contributed by atoms with Gasteiger partial charge >= 0.3 is 0 Å². The Bertz CT molecular complexity index is 348. The molecule has 2 atom stereocenters. The Kier molecular flexibility index (Phi) is 2.96. The molecule has 1 heterocycles. The van der Waals surface area contributed by atoms with E-state index in [0.717, 1.165) is 12.3 Å². The summed E-state index contributed by atoms with van der Waals surface area (Å²) in [5.74, 6) is 1.74. The van der Waals surface area contributed by atoms with Gasteiger partial charge in [0.05, 0.1) is 7.11 Å². The summed E-state index contributed by atoms with van der Waals surface area (Å²) in [4.78, 5) is 0. The largest absolute Gasteiger partial charge is 0.496 e. The number of hydrogen-bond acceptors (Lipinski definition) is 2. The lowest BCUT2D eigenvalue weighted by Crippen LogP contribution is -2.17. The molecular formula is C13H19NO. The number of aryl methyl sites for hydroxylation is 1. The minimum absolute atomic E-state index is 0.458. The van der Waals surface area contributed by atoms with Gasteiger partial charge in [-0.15, -0.1) is 0 Å². The summed E-state index contributed by atoms with van der Waals surface area (Å²) in [5, 5.41) is 3.54. The number of methoxy groups -OCH3 is 1. The Hall–Kier alpha value is -1.02. The first-order chi connectivity index (χ1) is 7.24. The van der Waals surface area contributed by atoms with Crippen LogP contribution < -0.4 is 10.1 Å². The third-order valence-electron chi connectivity index (χ3n) is 3.31. The molecule has 1 aliphatic heterocycles. The van der Waals surface area contributed by atoms with Crippen LogP contribution in [0.25, 0.3) is 0 Å². The molecule has 1 aromatic rings. The number of ether oxygens (including phenoxy) is 1. The molecule has 1 saturated heterocycles. The van der Waals surface area contributed by atoms with Gasteiger partial charge in [-0.05, 0) is 31.4 Å². The van der Waals surface area contributed by atoms with Crippen molar-refractivity contribution in [1.29, 1.82) is 0 Å². The molecule has 0 unspecified atom stereocenters. The van der Waals surface area contributed by atoms with Crippen LogP contribution in [0.4, 0.5) is 0 Å². The van der Waals surface area contributed by atoms with Crippen molar-refractivity contribution in [3.05, 3.63) is 29.3 Å². The molecule has 2 rings (SSSR count). The fraction of sp³-hybridized carbons (Fsp3) is 0.538. The smallest absolute Gasteiger partial charge is 0.126 e. The molecule has 1 aliphatic rings. The molecule has 1 N–H and O–H groups in total. The average molecular weight is 205 g/mol. The van der Waals surface area contributed by atoms with Crippen LogP contribution >= 0.6 is 0 Å². The van der Waals surface area contributed by atoms with Gasteiger partial charge in [0.15, 0.2) is 0 Å². The van der Waals surface area contributed by atoms with Crippen LogP contribution in [0.15, 0.2) is 18.2 Å². The van der Waals surface area contributed by atoms with Gasteiger partial charge in [-0.2, -0.15) is 0 Å². The van der Waals surface area contributed by atoms with Crippen LogP contribution in [0.5, 0.6) is 5.75 Å². The zero-order chi connectivity index (χ0) is 10.8. The molecule has 0 spiro atoms. The minimum atomic E-state index is 0.458. The fourth-order valence-electron chi connectivity index (χ4n) is 2.45. The fourth-order valence-corrected chi connectivity index (χ4v) is 2.45. The lowest BCUT2D eigenvalue weighted by atomic mass is 9.94. The SMILES string of the molecule is COc1c(C)cccc1[C@@H]1NCC[C@H]1C. The topological polar surface area (TPSA) is 21.3 Å². The van der Waals surface area contributed by atoms with Crippen molar-refractivity contribution in [1.82, 2.24) is 5.32 Å². The monoisotopic (exact) mass is 205 g/mol. The van der Waals surface area contributed by atoms with Crippen LogP contribution in [0.1, 0.15) is 30.5 Å². The van der Waals surface area contributed by atoms with Gasteiger partial charge in [0.1, 0.15) is 5.75 Å². The molecule has 0 amide bonds. The van der Waals surface area contributed by atoms with Crippen molar-refractivity contribution in [2.24, 2.45) is 5.92 Å². The maximum absolute atomic E-state index is 5.50. The van der Waals surface area contributed by atoms with E-state index in [1.165, 1.54) is 17.5 Å². The Labute approximate surface area is 91.6 Å². The van der Waals surface area contributed by atoms with Gasteiger partial charge in [-0.3, -0.25) is 0 Å². The number of hydrogen-bond donors (Lipinski definition) is 1. The predicted molar refractivity (Wildman–Crippen MR) is 62.3 cm³/mol. The standard InChI is InChI=1S/C13H19NO/c1-9-7-8-14-12(9)11-6-4-5-10(2)13(11)15-3/h4-6,9,12,14H,7-8H2,1-3H3/t9-,12-/m1/s1. The molecule has 0 aromatic heterocycles. The second-order valence-electron chi connectivity index (χ2n) is 4.40. The van der Waals surface area contributed by atoms with E-state index < -0.39 is 0 Å². The van der Waals surface area contributed by atoms with E-state index in [1.54, 1.807) is 7.11 Å². The summed E-state index contributed by atoms with van der Waals surface area (Å²) >= 11 is 0. The van der Waals surface area contributed by atoms with E-state index in [4.69, 9.17) is 4.74 Å². The van der Waals surface area contributed by atoms with Crippen LogP contribution in [0, 0.1) is 12.8 Å². The van der Waals surface area contributed by atoms with E-state index in [2.05, 4.69) is 37.4 Å². The summed E-state index contributed by atoms with van der Waals surface area (Å²) in [6.45, 7) is 5.51. The number of benzene rings is 1. The number of nitrogens with one attached hydrogen (secondary N) is 1. The highest BCUT2D eigenvalue weighted by atomic mass is 16.5. The maximum Gasteiger partial charge on any atom is 0.126 e. The second-order valence-corrected chi connectivity index (χ2v) is 4.40. The molecule has 1 aromatic carbocycles. The first-order valence-electron chi connectivity index (χ1n) is 5.61. The van der Waals surface area contributed by atoms with Gasteiger partial charge in [-0.1, -0.05) is 25.1 Å². The Balaban J connectivity index is 2.38. The molecule has 2 nitrogen and oxygen atoms in total. The van der Waals surface area contributed by atoms with Crippen molar-refractivity contribution in [3.63, 3.8) is 0 Å². The van der Waals surface area contributed by atoms with Gasteiger partial charge in [0.2, 0.25) is 0 Å². The predicted octanol–water partition coefficient (Wildman–Crippen LogP) is 2.67. The van der Waals surface area contributed by atoms with Crippen molar-refractivity contribution < 1.29 is 4.74 Å². The van der Waals surface area contributed by atoms with Crippen molar-refractivity contribution in [2.45, 2.75) is 26.3 Å². The molecule has 0 bridgehead atoms. The molecule has 15 heavy (non-hydrogen) atoms. The molecule has 1 fully saturated rings. The van der Waals surface area contributed by atoms with Crippen LogP contribution in [-0.4, -0.2) is 13.7 Å². The van der Waals surface area contributed by atoms with Crippen LogP contribution in [0.2, 0.25) is 0 Å². The van der Waals surface area contributed by atoms with Gasteiger partial charge in [-0.25, -0.2) is 0 Å². The first-order valence-corrected chi connectivity index (χ1v) is 5.61. The lowest BCUT2D eigenvalue weighted by Gasteiger charge is -2.20. The molecule has 2 heteroatoms. The average Bonchev–Trinajstić information content (AvgIpc) is 2.64. The van der Waals surface area contributed by atoms with E-state index >= 15 is 0 Å². The second kappa shape index (κ2) is 4.23. The lowest BCUT2D eigenvalue weighted by molar-refractivity contribution is 0.391. The van der Waals surface area contributed by atoms with E-state index in [9.17, 15) is 0 Å². The maximum atomic E-state index is 5.50. The summed E-state index contributed by atoms with van der Waals surface area (Å²) in [6, 6.07) is 6.84. The zero-order valence-electron chi connectivity index (χ0n) is 9.71. The highest BCUT2D eigenvalue weighted by Crippen LogP contribution is 2.36. The highest BCUT2D eigenvalue weighted by Gasteiger charge is 2.26. The van der Waals surface area contributed by atoms with Gasteiger partial charge < -0.3 is 10.1 Å². The van der Waals surface area contributed by atoms with Gasteiger partial charge in [0, 0.05) is 11.6 Å².